The average Bonchev–Trinajstić information content (AvgIpc) is 2.76. The summed E-state index contributed by atoms with van der Waals surface area (Å²) in [5.74, 6) is 0. The van der Waals surface area contributed by atoms with Gasteiger partial charge in [0, 0.05) is 10.8 Å². The molecule has 0 bridgehead atoms. The number of aliphatic hydroxyl groups is 2. The van der Waals surface area contributed by atoms with Gasteiger partial charge in [0.05, 0.1) is 12.2 Å². The topological polar surface area (TPSA) is 40.5 Å². The molecule has 1 fully saturated rings. The Morgan fingerprint density at radius 2 is 0.633 bits per heavy atom. The lowest BCUT2D eigenvalue weighted by atomic mass is 9.42. The number of rotatable bonds is 20. The van der Waals surface area contributed by atoms with Crippen molar-refractivity contribution in [1.82, 2.24) is 0 Å². The molecule has 1 aliphatic rings. The van der Waals surface area contributed by atoms with E-state index in [1.165, 1.54) is 77.0 Å². The first-order valence-corrected chi connectivity index (χ1v) is 13.9. The molecule has 0 saturated heterocycles. The van der Waals surface area contributed by atoms with Crippen molar-refractivity contribution in [3.63, 3.8) is 0 Å². The van der Waals surface area contributed by atoms with Gasteiger partial charge in [0.25, 0.3) is 0 Å². The quantitative estimate of drug-likeness (QED) is 0.192. The lowest BCUT2D eigenvalue weighted by molar-refractivity contribution is -0.290. The predicted octanol–water partition coefficient (Wildman–Crippen LogP) is 8.58. The summed E-state index contributed by atoms with van der Waals surface area (Å²) in [6.45, 7) is 9.02. The molecule has 1 rings (SSSR count). The van der Waals surface area contributed by atoms with Crippen molar-refractivity contribution in [2.75, 3.05) is 0 Å². The van der Waals surface area contributed by atoms with Crippen molar-refractivity contribution in [2.24, 2.45) is 10.8 Å². The van der Waals surface area contributed by atoms with Gasteiger partial charge in [0.2, 0.25) is 0 Å². The van der Waals surface area contributed by atoms with Crippen molar-refractivity contribution >= 4 is 0 Å². The maximum Gasteiger partial charge on any atom is 0.0702 e. The van der Waals surface area contributed by atoms with Crippen molar-refractivity contribution in [2.45, 2.75) is 168 Å². The monoisotopic (exact) mass is 424 g/mol. The fourth-order valence-corrected chi connectivity index (χ4v) is 6.22. The second-order valence-corrected chi connectivity index (χ2v) is 10.5. The fraction of sp³-hybridized carbons (Fsp3) is 1.00. The van der Waals surface area contributed by atoms with Crippen molar-refractivity contribution in [3.05, 3.63) is 0 Å². The van der Waals surface area contributed by atoms with Crippen LogP contribution in [-0.4, -0.2) is 22.4 Å². The van der Waals surface area contributed by atoms with Crippen LogP contribution in [0.4, 0.5) is 0 Å². The highest BCUT2D eigenvalue weighted by Crippen LogP contribution is 2.63. The van der Waals surface area contributed by atoms with Gasteiger partial charge in [0.1, 0.15) is 0 Å². The number of aliphatic hydroxyl groups excluding tert-OH is 2. The van der Waals surface area contributed by atoms with Crippen LogP contribution in [0.1, 0.15) is 156 Å². The molecule has 0 atom stereocenters. The summed E-state index contributed by atoms with van der Waals surface area (Å²) >= 11 is 0. The molecular weight excluding hydrogens is 368 g/mol. The van der Waals surface area contributed by atoms with Crippen LogP contribution < -0.4 is 0 Å². The van der Waals surface area contributed by atoms with E-state index in [0.29, 0.717) is 0 Å². The van der Waals surface area contributed by atoms with Crippen LogP contribution in [-0.2, 0) is 0 Å². The maximum atomic E-state index is 11.7. The Labute approximate surface area is 189 Å². The van der Waals surface area contributed by atoms with E-state index in [2.05, 4.69) is 27.7 Å². The Morgan fingerprint density at radius 3 is 0.833 bits per heavy atom. The molecule has 0 unspecified atom stereocenters. The lowest BCUT2D eigenvalue weighted by Crippen LogP contribution is -2.72. The zero-order valence-corrected chi connectivity index (χ0v) is 21.2. The minimum Gasteiger partial charge on any atom is -0.392 e. The largest absolute Gasteiger partial charge is 0.392 e. The first-order valence-electron chi connectivity index (χ1n) is 13.9. The first kappa shape index (κ1) is 28.0. The molecular formula is C28H56O2. The molecule has 0 spiro atoms. The minimum absolute atomic E-state index is 0.225. The van der Waals surface area contributed by atoms with Crippen LogP contribution in [0.25, 0.3) is 0 Å². The fourth-order valence-electron chi connectivity index (χ4n) is 6.22. The molecule has 30 heavy (non-hydrogen) atoms. The summed E-state index contributed by atoms with van der Waals surface area (Å²) in [7, 11) is 0. The maximum absolute atomic E-state index is 11.7. The Morgan fingerprint density at radius 1 is 0.400 bits per heavy atom. The first-order chi connectivity index (χ1) is 14.6. The molecule has 2 heteroatoms. The van der Waals surface area contributed by atoms with E-state index in [1.54, 1.807) is 0 Å². The number of unbranched alkanes of at least 4 members (excludes halogenated alkanes) is 12. The standard InChI is InChI=1S/C28H56O2/c1-5-9-13-17-21-27(22-18-14-10-6-2)25(29)28(26(27)30,23-19-15-11-7-3)24-20-16-12-8-4/h25-26,29-30H,5-24H2,1-4H3. The normalized spacial score (nSPS) is 22.2. The molecule has 0 aromatic rings. The van der Waals surface area contributed by atoms with Crippen LogP contribution in [0, 0.1) is 10.8 Å². The van der Waals surface area contributed by atoms with Gasteiger partial charge in [-0.3, -0.25) is 0 Å². The summed E-state index contributed by atoms with van der Waals surface area (Å²) in [5, 5.41) is 23.4. The molecule has 0 amide bonds. The third-order valence-corrected chi connectivity index (χ3v) is 8.16. The number of hydrogen-bond acceptors (Lipinski definition) is 2. The van der Waals surface area contributed by atoms with Crippen LogP contribution in [0.5, 0.6) is 0 Å². The van der Waals surface area contributed by atoms with Crippen LogP contribution >= 0.6 is 0 Å². The van der Waals surface area contributed by atoms with E-state index in [9.17, 15) is 10.2 Å². The second kappa shape index (κ2) is 15.7. The number of hydrogen-bond donors (Lipinski definition) is 2. The van der Waals surface area contributed by atoms with Gasteiger partial charge >= 0.3 is 0 Å². The van der Waals surface area contributed by atoms with Crippen molar-refractivity contribution in [1.29, 1.82) is 0 Å². The van der Waals surface area contributed by atoms with E-state index >= 15 is 0 Å². The molecule has 0 aromatic heterocycles. The van der Waals surface area contributed by atoms with Gasteiger partial charge in [-0.1, -0.05) is 130 Å². The smallest absolute Gasteiger partial charge is 0.0702 e. The third kappa shape index (κ3) is 7.51. The average molecular weight is 425 g/mol. The summed E-state index contributed by atoms with van der Waals surface area (Å²) in [6, 6.07) is 0. The molecule has 1 aliphatic carbocycles. The molecule has 0 aromatic carbocycles. The summed E-state index contributed by atoms with van der Waals surface area (Å²) in [4.78, 5) is 0. The van der Waals surface area contributed by atoms with Gasteiger partial charge < -0.3 is 10.2 Å². The van der Waals surface area contributed by atoms with Gasteiger partial charge in [0.15, 0.2) is 0 Å². The van der Waals surface area contributed by atoms with Gasteiger partial charge in [-0.15, -0.1) is 0 Å². The van der Waals surface area contributed by atoms with Gasteiger partial charge in [-0.05, 0) is 25.7 Å². The Hall–Kier alpha value is -0.0800. The Balaban J connectivity index is 2.87. The van der Waals surface area contributed by atoms with Crippen molar-refractivity contribution < 1.29 is 10.2 Å². The molecule has 0 radical (unpaired) electrons. The Kier molecular flexibility index (Phi) is 14.6. The van der Waals surface area contributed by atoms with E-state index in [0.717, 1.165) is 51.4 Å². The van der Waals surface area contributed by atoms with Crippen LogP contribution in [0.2, 0.25) is 0 Å². The molecule has 180 valence electrons. The highest BCUT2D eigenvalue weighted by Gasteiger charge is 2.68. The van der Waals surface area contributed by atoms with E-state index in [1.807, 2.05) is 0 Å². The summed E-state index contributed by atoms with van der Waals surface area (Å²) < 4.78 is 0. The molecule has 2 N–H and O–H groups in total. The SMILES string of the molecule is CCCCCCC1(CCCCCC)C(O)C(CCCCCC)(CCCCCC)C1O. The van der Waals surface area contributed by atoms with Crippen LogP contribution in [0.15, 0.2) is 0 Å². The lowest BCUT2D eigenvalue weighted by Gasteiger charge is -2.66. The van der Waals surface area contributed by atoms with Crippen LogP contribution in [0.3, 0.4) is 0 Å². The highest BCUT2D eigenvalue weighted by molar-refractivity contribution is 5.17. The third-order valence-electron chi connectivity index (χ3n) is 8.16. The predicted molar refractivity (Wildman–Crippen MR) is 132 cm³/mol. The Bertz CT molecular complexity index is 331. The molecule has 1 saturated carbocycles. The summed E-state index contributed by atoms with van der Waals surface area (Å²) in [5.41, 5.74) is -0.450. The van der Waals surface area contributed by atoms with Crippen molar-refractivity contribution in [3.8, 4) is 0 Å². The zero-order valence-electron chi connectivity index (χ0n) is 21.2. The zero-order chi connectivity index (χ0) is 22.3. The second-order valence-electron chi connectivity index (χ2n) is 10.5. The van der Waals surface area contributed by atoms with E-state index < -0.39 is 0 Å². The molecule has 0 heterocycles. The molecule has 0 aliphatic heterocycles. The van der Waals surface area contributed by atoms with Gasteiger partial charge in [-0.25, -0.2) is 0 Å². The molecule has 2 nitrogen and oxygen atoms in total. The van der Waals surface area contributed by atoms with E-state index in [4.69, 9.17) is 0 Å². The minimum atomic E-state index is -0.300. The highest BCUT2D eigenvalue weighted by atomic mass is 16.3. The summed E-state index contributed by atoms with van der Waals surface area (Å²) in [6.07, 6.45) is 23.2. The van der Waals surface area contributed by atoms with Gasteiger partial charge in [-0.2, -0.15) is 0 Å². The van der Waals surface area contributed by atoms with E-state index in [-0.39, 0.29) is 23.0 Å².